The largest absolute Gasteiger partial charge is 0.391 e. The summed E-state index contributed by atoms with van der Waals surface area (Å²) in [6, 6.07) is 0. The zero-order valence-electron chi connectivity index (χ0n) is 11.6. The van der Waals surface area contributed by atoms with Crippen molar-refractivity contribution in [2.24, 2.45) is 5.41 Å². The van der Waals surface area contributed by atoms with Crippen LogP contribution in [-0.2, 0) is 0 Å². The van der Waals surface area contributed by atoms with Gasteiger partial charge in [-0.15, -0.1) is 0 Å². The van der Waals surface area contributed by atoms with Crippen LogP contribution in [0.3, 0.4) is 0 Å². The lowest BCUT2D eigenvalue weighted by atomic mass is 9.73. The molecule has 1 saturated carbocycles. The van der Waals surface area contributed by atoms with Gasteiger partial charge in [0.15, 0.2) is 5.82 Å². The van der Waals surface area contributed by atoms with Gasteiger partial charge in [-0.2, -0.15) is 16.7 Å². The Bertz CT molecular complexity index is 436. The van der Waals surface area contributed by atoms with Crippen LogP contribution in [0, 0.1) is 5.41 Å². The predicted molar refractivity (Wildman–Crippen MR) is 75.4 cm³/mol. The van der Waals surface area contributed by atoms with Gasteiger partial charge in [-0.25, -0.2) is 0 Å². The molecule has 0 radical (unpaired) electrons. The molecule has 5 heteroatoms. The van der Waals surface area contributed by atoms with Crippen LogP contribution in [0.4, 0.5) is 0 Å². The predicted octanol–water partition coefficient (Wildman–Crippen LogP) is 2.94. The van der Waals surface area contributed by atoms with Crippen molar-refractivity contribution in [2.75, 3.05) is 11.5 Å². The number of rotatable bonds is 2. The number of hydrogen-bond donors (Lipinski definition) is 1. The normalized spacial score (nSPS) is 31.7. The van der Waals surface area contributed by atoms with E-state index >= 15 is 0 Å². The molecule has 106 valence electrons. The number of hydrogen-bond acceptors (Lipinski definition) is 5. The topological polar surface area (TPSA) is 59.2 Å². The fourth-order valence-corrected chi connectivity index (χ4v) is 4.23. The van der Waals surface area contributed by atoms with E-state index < -0.39 is 0 Å². The molecular formula is C14H22N2O2S. The van der Waals surface area contributed by atoms with Crippen molar-refractivity contribution < 1.29 is 9.63 Å². The highest BCUT2D eigenvalue weighted by Gasteiger charge is 2.34. The first-order valence-corrected chi connectivity index (χ1v) is 8.30. The fourth-order valence-electron chi connectivity index (χ4n) is 3.00. The molecule has 0 amide bonds. The molecule has 4 nitrogen and oxygen atoms in total. The second-order valence-electron chi connectivity index (χ2n) is 6.64. The third-order valence-corrected chi connectivity index (χ3v) is 5.70. The summed E-state index contributed by atoms with van der Waals surface area (Å²) >= 11 is 1.75. The molecule has 0 aromatic carbocycles. The number of aromatic nitrogens is 2. The van der Waals surface area contributed by atoms with Crippen LogP contribution in [0.5, 0.6) is 0 Å². The lowest BCUT2D eigenvalue weighted by Crippen LogP contribution is -2.21. The van der Waals surface area contributed by atoms with Crippen molar-refractivity contribution in [2.45, 2.75) is 57.5 Å². The zero-order valence-corrected chi connectivity index (χ0v) is 12.4. The Morgan fingerprint density at radius 1 is 1.26 bits per heavy atom. The van der Waals surface area contributed by atoms with Gasteiger partial charge in [-0.05, 0) is 31.1 Å². The Balaban J connectivity index is 1.68. The van der Waals surface area contributed by atoms with Crippen molar-refractivity contribution in [3.63, 3.8) is 0 Å². The number of aliphatic hydroxyl groups is 1. The van der Waals surface area contributed by atoms with Crippen molar-refractivity contribution in [3.8, 4) is 0 Å². The van der Waals surface area contributed by atoms with Gasteiger partial charge >= 0.3 is 0 Å². The summed E-state index contributed by atoms with van der Waals surface area (Å²) in [5.74, 6) is 3.63. The molecule has 1 aromatic rings. The SMILES string of the molecule is CC1(C)CCC(c2noc(C3CSCC3O)n2)CC1. The first kappa shape index (κ1) is 13.4. The Labute approximate surface area is 118 Å². The molecule has 3 rings (SSSR count). The third kappa shape index (κ3) is 2.82. The van der Waals surface area contributed by atoms with E-state index in [-0.39, 0.29) is 12.0 Å². The lowest BCUT2D eigenvalue weighted by Gasteiger charge is -2.32. The summed E-state index contributed by atoms with van der Waals surface area (Å²) in [6.07, 6.45) is 4.41. The molecule has 0 bridgehead atoms. The van der Waals surface area contributed by atoms with Crippen LogP contribution < -0.4 is 0 Å². The molecule has 2 atom stereocenters. The molecule has 1 aromatic heterocycles. The maximum absolute atomic E-state index is 9.88. The van der Waals surface area contributed by atoms with Crippen molar-refractivity contribution in [1.29, 1.82) is 0 Å². The van der Waals surface area contributed by atoms with Gasteiger partial charge in [0, 0.05) is 17.4 Å². The van der Waals surface area contributed by atoms with Crippen molar-refractivity contribution in [1.82, 2.24) is 10.1 Å². The van der Waals surface area contributed by atoms with Gasteiger partial charge in [-0.3, -0.25) is 0 Å². The van der Waals surface area contributed by atoms with E-state index in [1.807, 2.05) is 0 Å². The van der Waals surface area contributed by atoms with Crippen LogP contribution in [0.1, 0.15) is 63.1 Å². The highest BCUT2D eigenvalue weighted by atomic mass is 32.2. The van der Waals surface area contributed by atoms with Gasteiger partial charge in [-0.1, -0.05) is 19.0 Å². The van der Waals surface area contributed by atoms with E-state index in [4.69, 9.17) is 4.52 Å². The van der Waals surface area contributed by atoms with Gasteiger partial charge in [0.25, 0.3) is 0 Å². The van der Waals surface area contributed by atoms with Crippen molar-refractivity contribution >= 4 is 11.8 Å². The summed E-state index contributed by atoms with van der Waals surface area (Å²) in [6.45, 7) is 4.66. The van der Waals surface area contributed by atoms with E-state index in [2.05, 4.69) is 24.0 Å². The smallest absolute Gasteiger partial charge is 0.233 e. The maximum atomic E-state index is 9.88. The van der Waals surface area contributed by atoms with Crippen LogP contribution in [-0.4, -0.2) is 32.9 Å². The number of thioether (sulfide) groups is 1. The first-order valence-electron chi connectivity index (χ1n) is 7.14. The summed E-state index contributed by atoms with van der Waals surface area (Å²) < 4.78 is 5.39. The van der Waals surface area contributed by atoms with Gasteiger partial charge < -0.3 is 9.63 Å². The Morgan fingerprint density at radius 3 is 2.63 bits per heavy atom. The van der Waals surface area contributed by atoms with E-state index in [0.717, 1.165) is 30.2 Å². The Hall–Kier alpha value is -0.550. The zero-order chi connectivity index (χ0) is 13.5. The Morgan fingerprint density at radius 2 is 2.00 bits per heavy atom. The van der Waals surface area contributed by atoms with E-state index in [9.17, 15) is 5.11 Å². The van der Waals surface area contributed by atoms with Crippen LogP contribution in [0.2, 0.25) is 0 Å². The molecule has 1 aliphatic heterocycles. The average molecular weight is 282 g/mol. The minimum atomic E-state index is -0.330. The van der Waals surface area contributed by atoms with Gasteiger partial charge in [0.05, 0.1) is 12.0 Å². The van der Waals surface area contributed by atoms with Crippen molar-refractivity contribution in [3.05, 3.63) is 11.7 Å². The average Bonchev–Trinajstić information content (AvgIpc) is 2.97. The van der Waals surface area contributed by atoms with E-state index in [1.54, 1.807) is 11.8 Å². The summed E-state index contributed by atoms with van der Waals surface area (Å²) in [7, 11) is 0. The molecule has 1 saturated heterocycles. The Kier molecular flexibility index (Phi) is 3.60. The molecule has 2 fully saturated rings. The number of aliphatic hydroxyl groups excluding tert-OH is 1. The van der Waals surface area contributed by atoms with Crippen LogP contribution in [0.15, 0.2) is 4.52 Å². The quantitative estimate of drug-likeness (QED) is 0.903. The minimum absolute atomic E-state index is 0.0336. The van der Waals surface area contributed by atoms with Gasteiger partial charge in [0.1, 0.15) is 0 Å². The molecule has 2 unspecified atom stereocenters. The number of nitrogens with zero attached hydrogens (tertiary/aromatic N) is 2. The first-order chi connectivity index (χ1) is 9.05. The highest BCUT2D eigenvalue weighted by molar-refractivity contribution is 7.99. The summed E-state index contributed by atoms with van der Waals surface area (Å²) in [4.78, 5) is 4.56. The third-order valence-electron chi connectivity index (χ3n) is 4.53. The van der Waals surface area contributed by atoms with E-state index in [1.165, 1.54) is 12.8 Å². The second-order valence-corrected chi connectivity index (χ2v) is 7.72. The fraction of sp³-hybridized carbons (Fsp3) is 0.857. The molecule has 2 aliphatic rings. The molecular weight excluding hydrogens is 260 g/mol. The molecule has 0 spiro atoms. The molecule has 2 heterocycles. The summed E-state index contributed by atoms with van der Waals surface area (Å²) in [5.41, 5.74) is 0.460. The highest BCUT2D eigenvalue weighted by Crippen LogP contribution is 2.42. The standard InChI is InChI=1S/C14H22N2O2S/c1-14(2)5-3-9(4-6-14)12-15-13(18-16-12)10-7-19-8-11(10)17/h9-11,17H,3-8H2,1-2H3. The minimum Gasteiger partial charge on any atom is -0.391 e. The molecule has 19 heavy (non-hydrogen) atoms. The monoisotopic (exact) mass is 282 g/mol. The summed E-state index contributed by atoms with van der Waals surface area (Å²) in [5, 5.41) is 14.0. The van der Waals surface area contributed by atoms with Crippen LogP contribution >= 0.6 is 11.8 Å². The van der Waals surface area contributed by atoms with Gasteiger partial charge in [0.2, 0.25) is 5.89 Å². The lowest BCUT2D eigenvalue weighted by molar-refractivity contribution is 0.164. The maximum Gasteiger partial charge on any atom is 0.233 e. The van der Waals surface area contributed by atoms with E-state index in [0.29, 0.717) is 17.2 Å². The molecule has 1 N–H and O–H groups in total. The second kappa shape index (κ2) is 5.09. The van der Waals surface area contributed by atoms with Crippen LogP contribution in [0.25, 0.3) is 0 Å². The molecule has 1 aliphatic carbocycles.